The van der Waals surface area contributed by atoms with E-state index in [1.807, 2.05) is 12.1 Å². The lowest BCUT2D eigenvalue weighted by Gasteiger charge is -2.39. The molecule has 3 heterocycles. The maximum Gasteiger partial charge on any atom is 0.262 e. The molecule has 2 aliphatic rings. The summed E-state index contributed by atoms with van der Waals surface area (Å²) in [5.74, 6) is -2.60. The molecule has 4 aromatic rings. The Bertz CT molecular complexity index is 1520. The molecule has 1 aromatic heterocycles. The molecular weight excluding hydrogens is 486 g/mol. The normalized spacial score (nSPS) is 16.5. The molecule has 0 atom stereocenters. The highest BCUT2D eigenvalue weighted by Gasteiger charge is 2.43. The third kappa shape index (κ3) is 3.70. The van der Waals surface area contributed by atoms with Crippen LogP contribution in [-0.4, -0.2) is 34.4 Å². The van der Waals surface area contributed by atoms with Crippen LogP contribution >= 0.6 is 11.6 Å². The molecular formula is C28H21ClF2N2O3. The van der Waals surface area contributed by atoms with Gasteiger partial charge in [0.1, 0.15) is 11.6 Å². The molecule has 5 nitrogen and oxygen atoms in total. The zero-order valence-electron chi connectivity index (χ0n) is 19.1. The number of aromatic nitrogens is 1. The minimum absolute atomic E-state index is 0.166. The molecule has 0 bridgehead atoms. The third-order valence-electron chi connectivity index (χ3n) is 7.20. The van der Waals surface area contributed by atoms with E-state index in [2.05, 4.69) is 12.1 Å². The predicted molar refractivity (Wildman–Crippen MR) is 131 cm³/mol. The van der Waals surface area contributed by atoms with Gasteiger partial charge in [-0.3, -0.25) is 14.2 Å². The van der Waals surface area contributed by atoms with Crippen LogP contribution in [0.4, 0.5) is 8.78 Å². The first-order valence-corrected chi connectivity index (χ1v) is 12.1. The largest absolute Gasteiger partial charge is 0.365 e. The van der Waals surface area contributed by atoms with Crippen LogP contribution in [0, 0.1) is 11.6 Å². The van der Waals surface area contributed by atoms with Crippen LogP contribution in [-0.2, 0) is 16.9 Å². The van der Waals surface area contributed by atoms with Crippen molar-refractivity contribution in [2.75, 3.05) is 13.1 Å². The molecule has 0 unspecified atom stereocenters. The van der Waals surface area contributed by atoms with Crippen molar-refractivity contribution < 1.29 is 23.1 Å². The zero-order chi connectivity index (χ0) is 25.0. The smallest absolute Gasteiger partial charge is 0.262 e. The molecule has 8 heteroatoms. The van der Waals surface area contributed by atoms with Crippen molar-refractivity contribution in [3.8, 4) is 0 Å². The summed E-state index contributed by atoms with van der Waals surface area (Å²) in [5.41, 5.74) is 2.55. The van der Waals surface area contributed by atoms with E-state index in [9.17, 15) is 18.4 Å². The van der Waals surface area contributed by atoms with Gasteiger partial charge in [0.25, 0.3) is 11.8 Å². The SMILES string of the molecule is O=C(c1cn(C(=O)c2cc(F)cc(F)c2)c2cc(Cl)ccc12)N1CCC2(CC1)OCc1ccccc12. The average molecular weight is 507 g/mol. The lowest BCUT2D eigenvalue weighted by Crippen LogP contribution is -2.45. The van der Waals surface area contributed by atoms with Crippen molar-refractivity contribution in [1.82, 2.24) is 9.47 Å². The monoisotopic (exact) mass is 506 g/mol. The van der Waals surface area contributed by atoms with Gasteiger partial charge in [0, 0.05) is 41.3 Å². The summed E-state index contributed by atoms with van der Waals surface area (Å²) >= 11 is 6.19. The Morgan fingerprint density at radius 3 is 2.39 bits per heavy atom. The van der Waals surface area contributed by atoms with E-state index in [0.717, 1.165) is 12.1 Å². The fourth-order valence-electron chi connectivity index (χ4n) is 5.39. The molecule has 36 heavy (non-hydrogen) atoms. The van der Waals surface area contributed by atoms with Gasteiger partial charge in [-0.05, 0) is 48.2 Å². The van der Waals surface area contributed by atoms with Crippen molar-refractivity contribution >= 4 is 34.3 Å². The Morgan fingerprint density at radius 1 is 0.917 bits per heavy atom. The number of hydrogen-bond acceptors (Lipinski definition) is 3. The number of likely N-dealkylation sites (tertiary alicyclic amines) is 1. The van der Waals surface area contributed by atoms with Crippen molar-refractivity contribution in [3.05, 3.63) is 106 Å². The molecule has 182 valence electrons. The van der Waals surface area contributed by atoms with Crippen molar-refractivity contribution in [2.45, 2.75) is 25.0 Å². The summed E-state index contributed by atoms with van der Waals surface area (Å²) < 4.78 is 35.0. The molecule has 6 rings (SSSR count). The Hall–Kier alpha value is -3.55. The van der Waals surface area contributed by atoms with Gasteiger partial charge in [-0.1, -0.05) is 41.9 Å². The Balaban J connectivity index is 1.32. The molecule has 0 saturated carbocycles. The molecule has 0 radical (unpaired) electrons. The van der Waals surface area contributed by atoms with E-state index in [1.54, 1.807) is 23.1 Å². The van der Waals surface area contributed by atoms with Gasteiger partial charge in [0.15, 0.2) is 0 Å². The maximum absolute atomic E-state index is 13.8. The molecule has 0 aliphatic carbocycles. The van der Waals surface area contributed by atoms with Crippen molar-refractivity contribution in [2.24, 2.45) is 0 Å². The van der Waals surface area contributed by atoms with Crippen LogP contribution in [0.5, 0.6) is 0 Å². The summed E-state index contributed by atoms with van der Waals surface area (Å²) in [4.78, 5) is 28.6. The number of rotatable bonds is 2. The first kappa shape index (κ1) is 22.9. The lowest BCUT2D eigenvalue weighted by molar-refractivity contribution is -0.0741. The average Bonchev–Trinajstić information content (AvgIpc) is 3.42. The van der Waals surface area contributed by atoms with Gasteiger partial charge in [-0.25, -0.2) is 8.78 Å². The first-order chi connectivity index (χ1) is 17.3. The van der Waals surface area contributed by atoms with Crippen LogP contribution in [0.3, 0.4) is 0 Å². The van der Waals surface area contributed by atoms with Crippen molar-refractivity contribution in [1.29, 1.82) is 0 Å². The van der Waals surface area contributed by atoms with Crippen molar-refractivity contribution in [3.63, 3.8) is 0 Å². The topological polar surface area (TPSA) is 51.5 Å². The molecule has 3 aromatic carbocycles. The number of piperidine rings is 1. The standard InChI is InChI=1S/C28H21ClF2N2O3/c29-19-5-6-22-23(15-33(25(22)13-19)26(34)18-11-20(30)14-21(31)12-18)27(35)32-9-7-28(8-10-32)24-4-2-1-3-17(24)16-36-28/h1-6,11-15H,7-10,16H2. The Labute approximate surface area is 210 Å². The molecule has 2 aliphatic heterocycles. The zero-order valence-corrected chi connectivity index (χ0v) is 19.9. The summed E-state index contributed by atoms with van der Waals surface area (Å²) in [6, 6.07) is 15.7. The van der Waals surface area contributed by atoms with Gasteiger partial charge in [-0.15, -0.1) is 0 Å². The summed E-state index contributed by atoms with van der Waals surface area (Å²) in [5, 5.41) is 0.911. The molecule has 0 N–H and O–H groups in total. The highest BCUT2D eigenvalue weighted by Crippen LogP contribution is 2.44. The van der Waals surface area contributed by atoms with E-state index in [4.69, 9.17) is 16.3 Å². The number of benzene rings is 3. The van der Waals surface area contributed by atoms with Crippen LogP contribution in [0.25, 0.3) is 10.9 Å². The van der Waals surface area contributed by atoms with Gasteiger partial charge >= 0.3 is 0 Å². The molecule has 1 fully saturated rings. The molecule has 1 saturated heterocycles. The van der Waals surface area contributed by atoms with Crippen LogP contribution < -0.4 is 0 Å². The second-order valence-electron chi connectivity index (χ2n) is 9.27. The molecule has 1 spiro atoms. The first-order valence-electron chi connectivity index (χ1n) is 11.7. The summed E-state index contributed by atoms with van der Waals surface area (Å²) in [6.45, 7) is 1.56. The number of halogens is 3. The number of carbonyl (C=O) groups excluding carboxylic acids is 2. The fraction of sp³-hybridized carbons (Fsp3) is 0.214. The maximum atomic E-state index is 13.8. The highest BCUT2D eigenvalue weighted by atomic mass is 35.5. The summed E-state index contributed by atoms with van der Waals surface area (Å²) in [7, 11) is 0. The van der Waals surface area contributed by atoms with Crippen LogP contribution in [0.15, 0.2) is 66.9 Å². The number of nitrogens with zero attached hydrogens (tertiary/aromatic N) is 2. The second-order valence-corrected chi connectivity index (χ2v) is 9.71. The van der Waals surface area contributed by atoms with E-state index in [0.29, 0.717) is 60.1 Å². The Morgan fingerprint density at radius 2 is 1.64 bits per heavy atom. The van der Waals surface area contributed by atoms with Crippen LogP contribution in [0.2, 0.25) is 5.02 Å². The predicted octanol–water partition coefficient (Wildman–Crippen LogP) is 5.92. The van der Waals surface area contributed by atoms with E-state index < -0.39 is 17.5 Å². The van der Waals surface area contributed by atoms with Gasteiger partial charge < -0.3 is 9.64 Å². The number of amides is 1. The number of ether oxygens (including phenoxy) is 1. The highest BCUT2D eigenvalue weighted by molar-refractivity contribution is 6.31. The van der Waals surface area contributed by atoms with E-state index >= 15 is 0 Å². The number of carbonyl (C=O) groups is 2. The van der Waals surface area contributed by atoms with E-state index in [-0.39, 0.29) is 17.1 Å². The Kier molecular flexibility index (Phi) is 5.43. The number of hydrogen-bond donors (Lipinski definition) is 0. The van der Waals surface area contributed by atoms with E-state index in [1.165, 1.54) is 21.9 Å². The minimum atomic E-state index is -0.859. The minimum Gasteiger partial charge on any atom is -0.365 e. The van der Waals surface area contributed by atoms with Gasteiger partial charge in [-0.2, -0.15) is 0 Å². The van der Waals surface area contributed by atoms with Gasteiger partial charge in [0.05, 0.1) is 23.3 Å². The third-order valence-corrected chi connectivity index (χ3v) is 7.43. The molecule has 1 amide bonds. The lowest BCUT2D eigenvalue weighted by atomic mass is 9.83. The quantitative estimate of drug-likeness (QED) is 0.339. The number of fused-ring (bicyclic) bond motifs is 3. The second kappa shape index (κ2) is 8.54. The summed E-state index contributed by atoms with van der Waals surface area (Å²) in [6.07, 6.45) is 2.77. The van der Waals surface area contributed by atoms with Gasteiger partial charge in [0.2, 0.25) is 0 Å². The fourth-order valence-corrected chi connectivity index (χ4v) is 5.56. The van der Waals surface area contributed by atoms with Crippen LogP contribution in [0.1, 0.15) is 44.7 Å².